The first-order valence-corrected chi connectivity index (χ1v) is 13.6. The zero-order valence-corrected chi connectivity index (χ0v) is 23.5. The number of likely N-dealkylation sites (N-methyl/N-ethyl adjacent to an activating group) is 1. The van der Waals surface area contributed by atoms with Gasteiger partial charge in [-0.1, -0.05) is 25.8 Å². The minimum absolute atomic E-state index is 0.0266. The van der Waals surface area contributed by atoms with Crippen molar-refractivity contribution in [2.45, 2.75) is 32.5 Å². The van der Waals surface area contributed by atoms with E-state index in [4.69, 9.17) is 0 Å². The number of hydrogen-bond donors (Lipinski definition) is 2. The number of benzene rings is 1. The molecule has 0 spiro atoms. The molecule has 5 rings (SSSR count). The van der Waals surface area contributed by atoms with E-state index in [9.17, 15) is 18.0 Å². The molecule has 1 saturated heterocycles. The average Bonchev–Trinajstić information content (AvgIpc) is 3.36. The van der Waals surface area contributed by atoms with Crippen LogP contribution in [0.25, 0.3) is 5.65 Å². The van der Waals surface area contributed by atoms with Crippen LogP contribution >= 0.6 is 0 Å². The highest BCUT2D eigenvalue weighted by Gasteiger charge is 2.34. The Kier molecular flexibility index (Phi) is 8.42. The van der Waals surface area contributed by atoms with Gasteiger partial charge in [0, 0.05) is 50.2 Å². The van der Waals surface area contributed by atoms with Crippen molar-refractivity contribution < 1.29 is 18.0 Å². The van der Waals surface area contributed by atoms with E-state index in [-0.39, 0.29) is 29.5 Å². The second-order valence-electron chi connectivity index (χ2n) is 10.5. The van der Waals surface area contributed by atoms with Crippen molar-refractivity contribution in [1.82, 2.24) is 29.4 Å². The van der Waals surface area contributed by atoms with Crippen LogP contribution in [0.5, 0.6) is 0 Å². The Labute approximate surface area is 241 Å². The number of carbonyl (C=O) groups excluding carboxylic acids is 1. The van der Waals surface area contributed by atoms with Gasteiger partial charge in [0.05, 0.1) is 17.5 Å². The predicted molar refractivity (Wildman–Crippen MR) is 154 cm³/mol. The summed E-state index contributed by atoms with van der Waals surface area (Å²) in [5.41, 5.74) is 2.20. The Morgan fingerprint density at radius 2 is 1.79 bits per heavy atom. The Morgan fingerprint density at radius 1 is 1.00 bits per heavy atom. The number of imidazole rings is 1. The highest BCUT2D eigenvalue weighted by atomic mass is 19.4. The van der Waals surface area contributed by atoms with E-state index in [1.165, 1.54) is 18.3 Å². The molecule has 218 valence electrons. The van der Waals surface area contributed by atoms with Gasteiger partial charge in [-0.3, -0.25) is 10.2 Å². The molecule has 2 amide bonds. The number of rotatable bonds is 5. The summed E-state index contributed by atoms with van der Waals surface area (Å²) >= 11 is 0. The van der Waals surface area contributed by atoms with Crippen molar-refractivity contribution in [3.63, 3.8) is 0 Å². The molecule has 0 aliphatic carbocycles. The molecule has 1 aliphatic heterocycles. The first kappa shape index (κ1) is 29.0. The number of halogens is 3. The van der Waals surface area contributed by atoms with E-state index in [1.54, 1.807) is 22.8 Å². The molecule has 4 aromatic rings. The third-order valence-electron chi connectivity index (χ3n) is 6.97. The molecule has 0 radical (unpaired) electrons. The van der Waals surface area contributed by atoms with Crippen molar-refractivity contribution in [3.8, 4) is 11.8 Å². The third kappa shape index (κ3) is 7.05. The molecule has 12 heteroatoms. The monoisotopic (exact) mass is 576 g/mol. The number of anilines is 2. The van der Waals surface area contributed by atoms with Gasteiger partial charge in [-0.05, 0) is 60.8 Å². The summed E-state index contributed by atoms with van der Waals surface area (Å²) in [7, 11) is 1.99. The molecule has 4 heterocycles. The number of nitrogens with zero attached hydrogens (tertiary/aromatic N) is 6. The lowest BCUT2D eigenvalue weighted by Gasteiger charge is -2.33. The number of nitrogens with one attached hydrogen (secondary N) is 2. The van der Waals surface area contributed by atoms with Crippen LogP contribution in [-0.2, 0) is 12.7 Å². The summed E-state index contributed by atoms with van der Waals surface area (Å²) in [4.78, 5) is 25.3. The van der Waals surface area contributed by atoms with Crippen LogP contribution in [0.15, 0.2) is 54.9 Å². The number of fused-ring (bicyclic) bond motifs is 1. The quantitative estimate of drug-likeness (QED) is 0.323. The number of piperazine rings is 1. The van der Waals surface area contributed by atoms with Gasteiger partial charge in [-0.25, -0.2) is 19.3 Å². The number of carbonyl (C=O) groups is 1. The number of pyridine rings is 1. The molecule has 1 aromatic carbocycles. The smallest absolute Gasteiger partial charge is 0.308 e. The molecule has 3 aromatic heterocycles. The molecule has 1 fully saturated rings. The molecule has 0 atom stereocenters. The maximum atomic E-state index is 13.9. The second kappa shape index (κ2) is 12.2. The molecule has 2 N–H and O–H groups in total. The molecule has 1 aliphatic rings. The maximum absolute atomic E-state index is 13.9. The largest absolute Gasteiger partial charge is 0.416 e. The van der Waals surface area contributed by atoms with Gasteiger partial charge in [0.25, 0.3) is 0 Å². The van der Waals surface area contributed by atoms with Crippen LogP contribution in [0.1, 0.15) is 47.8 Å². The van der Waals surface area contributed by atoms with Crippen LogP contribution in [0, 0.1) is 11.8 Å². The maximum Gasteiger partial charge on any atom is 0.416 e. The Morgan fingerprint density at radius 3 is 2.52 bits per heavy atom. The molecular weight excluding hydrogens is 545 g/mol. The fourth-order valence-corrected chi connectivity index (χ4v) is 4.58. The summed E-state index contributed by atoms with van der Waals surface area (Å²) in [5.74, 6) is 6.51. The van der Waals surface area contributed by atoms with Gasteiger partial charge in [-0.15, -0.1) is 0 Å². The van der Waals surface area contributed by atoms with Crippen molar-refractivity contribution in [2.24, 2.45) is 0 Å². The zero-order valence-electron chi connectivity index (χ0n) is 23.5. The standard InChI is InChI=1S/C30H31F3N8O/c1-20(2)26-8-9-28-35-18-24(41(28)38-26)7-4-21-10-11-34-27(16-21)37-29(42)36-23-6-5-22(25(17-23)30(31,32)33)19-40-14-12-39(3)13-15-40/h5-6,8-11,16-18,20H,12-15,19H2,1-3H3,(H2,34,36,37,42). The third-order valence-corrected chi connectivity index (χ3v) is 6.97. The predicted octanol–water partition coefficient (Wildman–Crippen LogP) is 5.06. The average molecular weight is 577 g/mol. The van der Waals surface area contributed by atoms with Crippen molar-refractivity contribution in [1.29, 1.82) is 0 Å². The van der Waals surface area contributed by atoms with E-state index >= 15 is 0 Å². The number of alkyl halides is 3. The summed E-state index contributed by atoms with van der Waals surface area (Å²) in [6.45, 7) is 7.30. The van der Waals surface area contributed by atoms with Gasteiger partial charge >= 0.3 is 12.2 Å². The Balaban J connectivity index is 1.27. The molecule has 42 heavy (non-hydrogen) atoms. The van der Waals surface area contributed by atoms with Crippen molar-refractivity contribution >= 4 is 23.2 Å². The minimum Gasteiger partial charge on any atom is -0.308 e. The van der Waals surface area contributed by atoms with Crippen LogP contribution < -0.4 is 10.6 Å². The van der Waals surface area contributed by atoms with E-state index in [2.05, 4.69) is 56.3 Å². The summed E-state index contributed by atoms with van der Waals surface area (Å²) < 4.78 is 43.4. The van der Waals surface area contributed by atoms with Gasteiger partial charge in [-0.2, -0.15) is 18.3 Å². The van der Waals surface area contributed by atoms with Crippen molar-refractivity contribution in [2.75, 3.05) is 43.9 Å². The highest BCUT2D eigenvalue weighted by Crippen LogP contribution is 2.34. The van der Waals surface area contributed by atoms with Crippen LogP contribution in [-0.4, -0.2) is 68.6 Å². The number of hydrogen-bond acceptors (Lipinski definition) is 6. The first-order valence-electron chi connectivity index (χ1n) is 13.6. The van der Waals surface area contributed by atoms with Gasteiger partial charge in [0.1, 0.15) is 11.5 Å². The summed E-state index contributed by atoms with van der Waals surface area (Å²) in [6, 6.07) is 10.2. The number of aromatic nitrogens is 4. The lowest BCUT2D eigenvalue weighted by Crippen LogP contribution is -2.44. The molecule has 0 saturated carbocycles. The zero-order chi connectivity index (χ0) is 29.9. The molecule has 9 nitrogen and oxygen atoms in total. The highest BCUT2D eigenvalue weighted by molar-refractivity contribution is 5.99. The first-order chi connectivity index (χ1) is 20.0. The SMILES string of the molecule is CC(C)c1ccc2ncc(C#Cc3ccnc(NC(=O)Nc4ccc(CN5CCN(C)CC5)c(C(F)(F)F)c4)c3)n2n1. The van der Waals surface area contributed by atoms with Crippen LogP contribution in [0.3, 0.4) is 0 Å². The van der Waals surface area contributed by atoms with Crippen molar-refractivity contribution in [3.05, 3.63) is 82.9 Å². The fourth-order valence-electron chi connectivity index (χ4n) is 4.58. The number of amides is 2. The summed E-state index contributed by atoms with van der Waals surface area (Å²) in [6.07, 6.45) is -1.44. The Hall–Kier alpha value is -4.47. The second-order valence-corrected chi connectivity index (χ2v) is 10.5. The van der Waals surface area contributed by atoms with Gasteiger partial charge in [0.15, 0.2) is 5.65 Å². The fraction of sp³-hybridized carbons (Fsp3) is 0.333. The molecule has 0 bridgehead atoms. The van der Waals surface area contributed by atoms with Crippen LogP contribution in [0.4, 0.5) is 29.5 Å². The Bertz CT molecular complexity index is 1650. The van der Waals surface area contributed by atoms with Crippen LogP contribution in [0.2, 0.25) is 0 Å². The molecule has 0 unspecified atom stereocenters. The van der Waals surface area contributed by atoms with E-state index in [1.807, 2.05) is 24.1 Å². The lowest BCUT2D eigenvalue weighted by atomic mass is 10.0. The number of urea groups is 1. The minimum atomic E-state index is -4.56. The van der Waals surface area contributed by atoms with Gasteiger partial charge in [0.2, 0.25) is 0 Å². The topological polar surface area (TPSA) is 90.7 Å². The lowest BCUT2D eigenvalue weighted by molar-refractivity contribution is -0.138. The van der Waals surface area contributed by atoms with E-state index < -0.39 is 17.8 Å². The van der Waals surface area contributed by atoms with E-state index in [0.29, 0.717) is 30.0 Å². The van der Waals surface area contributed by atoms with Gasteiger partial charge < -0.3 is 10.2 Å². The summed E-state index contributed by atoms with van der Waals surface area (Å²) in [5, 5.41) is 9.65. The molecular formula is C30H31F3N8O. The normalized spacial score (nSPS) is 14.5. The van der Waals surface area contributed by atoms with E-state index in [0.717, 1.165) is 24.8 Å².